The molecule has 0 unspecified atom stereocenters. The van der Waals surface area contributed by atoms with Gasteiger partial charge in [0, 0.05) is 22.8 Å². The Morgan fingerprint density at radius 1 is 1.17 bits per heavy atom. The lowest BCUT2D eigenvalue weighted by atomic mass is 9.95. The van der Waals surface area contributed by atoms with Gasteiger partial charge in [0.2, 0.25) is 5.88 Å². The summed E-state index contributed by atoms with van der Waals surface area (Å²) in [4.78, 5) is 1.97. The van der Waals surface area contributed by atoms with Gasteiger partial charge in [-0.3, -0.25) is 0 Å². The van der Waals surface area contributed by atoms with Crippen LogP contribution in [0.5, 0.6) is 5.75 Å². The van der Waals surface area contributed by atoms with Crippen LogP contribution in [-0.2, 0) is 0 Å². The largest absolute Gasteiger partial charge is 0.495 e. The summed E-state index contributed by atoms with van der Waals surface area (Å²) in [6, 6.07) is 9.96. The first-order valence-corrected chi connectivity index (χ1v) is 8.39. The SMILES string of the molecule is COc1ccc(Cl)cc1N(C)c1occ2cc(C(C)C)c(C)cc12. The Hall–Kier alpha value is -2.13. The maximum Gasteiger partial charge on any atom is 0.207 e. The second kappa shape index (κ2) is 6.40. The fourth-order valence-corrected chi connectivity index (χ4v) is 3.29. The van der Waals surface area contributed by atoms with Crippen molar-refractivity contribution in [2.75, 3.05) is 19.1 Å². The van der Waals surface area contributed by atoms with E-state index in [4.69, 9.17) is 20.8 Å². The van der Waals surface area contributed by atoms with Gasteiger partial charge in [-0.15, -0.1) is 0 Å². The van der Waals surface area contributed by atoms with Crippen molar-refractivity contribution < 1.29 is 9.15 Å². The summed E-state index contributed by atoms with van der Waals surface area (Å²) in [7, 11) is 3.61. The second-order valence-electron chi connectivity index (χ2n) is 6.37. The first kappa shape index (κ1) is 16.7. The molecule has 3 rings (SSSR count). The van der Waals surface area contributed by atoms with Gasteiger partial charge in [0.15, 0.2) is 0 Å². The van der Waals surface area contributed by atoms with E-state index in [2.05, 4.69) is 32.9 Å². The van der Waals surface area contributed by atoms with Crippen molar-refractivity contribution in [3.8, 4) is 5.75 Å². The van der Waals surface area contributed by atoms with Crippen LogP contribution in [0.4, 0.5) is 11.6 Å². The molecule has 0 aliphatic rings. The lowest BCUT2D eigenvalue weighted by Gasteiger charge is -2.20. The number of hydrogen-bond acceptors (Lipinski definition) is 3. The van der Waals surface area contributed by atoms with E-state index < -0.39 is 0 Å². The third-order valence-corrected chi connectivity index (χ3v) is 4.63. The van der Waals surface area contributed by atoms with Crippen LogP contribution < -0.4 is 9.64 Å². The van der Waals surface area contributed by atoms with Gasteiger partial charge in [-0.05, 0) is 54.3 Å². The number of nitrogens with zero attached hydrogens (tertiary/aromatic N) is 1. The first-order valence-electron chi connectivity index (χ1n) is 8.01. The van der Waals surface area contributed by atoms with E-state index in [1.807, 2.05) is 36.4 Å². The maximum atomic E-state index is 6.17. The molecule has 2 aromatic carbocycles. The zero-order valence-electron chi connectivity index (χ0n) is 14.7. The maximum absolute atomic E-state index is 6.17. The highest BCUT2D eigenvalue weighted by Gasteiger charge is 2.18. The monoisotopic (exact) mass is 343 g/mol. The Morgan fingerprint density at radius 3 is 2.58 bits per heavy atom. The minimum Gasteiger partial charge on any atom is -0.495 e. The summed E-state index contributed by atoms with van der Waals surface area (Å²) in [5.74, 6) is 2.02. The zero-order valence-corrected chi connectivity index (χ0v) is 15.4. The van der Waals surface area contributed by atoms with E-state index in [1.54, 1.807) is 7.11 Å². The number of halogens is 1. The molecule has 0 amide bonds. The predicted molar refractivity (Wildman–Crippen MR) is 101 cm³/mol. The van der Waals surface area contributed by atoms with Crippen LogP contribution in [0.3, 0.4) is 0 Å². The summed E-state index contributed by atoms with van der Waals surface area (Å²) in [6.45, 7) is 6.56. The molecule has 0 radical (unpaired) electrons. The molecule has 0 aliphatic carbocycles. The molecule has 0 saturated carbocycles. The highest BCUT2D eigenvalue weighted by Crippen LogP contribution is 2.39. The van der Waals surface area contributed by atoms with Crippen LogP contribution in [0.15, 0.2) is 41.0 Å². The van der Waals surface area contributed by atoms with Gasteiger partial charge in [0.25, 0.3) is 0 Å². The number of aryl methyl sites for hydroxylation is 1. The third-order valence-electron chi connectivity index (χ3n) is 4.40. The van der Waals surface area contributed by atoms with Crippen molar-refractivity contribution in [3.05, 3.63) is 52.7 Å². The minimum absolute atomic E-state index is 0.485. The van der Waals surface area contributed by atoms with Gasteiger partial charge in [-0.1, -0.05) is 25.4 Å². The normalized spacial score (nSPS) is 11.3. The molecule has 126 valence electrons. The Balaban J connectivity index is 2.13. The predicted octanol–water partition coefficient (Wildman–Crippen LogP) is 6.29. The summed E-state index contributed by atoms with van der Waals surface area (Å²) in [6.07, 6.45) is 1.81. The second-order valence-corrected chi connectivity index (χ2v) is 6.80. The van der Waals surface area contributed by atoms with E-state index in [1.165, 1.54) is 11.1 Å². The molecule has 0 atom stereocenters. The zero-order chi connectivity index (χ0) is 17.4. The lowest BCUT2D eigenvalue weighted by molar-refractivity contribution is 0.415. The standard InChI is InChI=1S/C20H22ClNO2/c1-12(2)16-9-14-11-24-20(17(14)8-13(16)3)22(4)18-10-15(21)6-7-19(18)23-5/h6-12H,1-5H3. The van der Waals surface area contributed by atoms with Gasteiger partial charge in [-0.2, -0.15) is 0 Å². The average molecular weight is 344 g/mol. The molecule has 24 heavy (non-hydrogen) atoms. The van der Waals surface area contributed by atoms with Crippen LogP contribution in [0, 0.1) is 6.92 Å². The number of ether oxygens (including phenoxy) is 1. The Bertz CT molecular complexity index is 883. The molecular weight excluding hydrogens is 322 g/mol. The molecular formula is C20H22ClNO2. The van der Waals surface area contributed by atoms with E-state index in [0.29, 0.717) is 10.9 Å². The smallest absolute Gasteiger partial charge is 0.207 e. The van der Waals surface area contributed by atoms with Crippen molar-refractivity contribution in [3.63, 3.8) is 0 Å². The molecule has 1 heterocycles. The molecule has 3 nitrogen and oxygen atoms in total. The van der Waals surface area contributed by atoms with Gasteiger partial charge in [0.05, 0.1) is 12.8 Å². The van der Waals surface area contributed by atoms with Gasteiger partial charge < -0.3 is 14.1 Å². The van der Waals surface area contributed by atoms with Crippen molar-refractivity contribution in [2.45, 2.75) is 26.7 Å². The fraction of sp³-hybridized carbons (Fsp3) is 0.300. The van der Waals surface area contributed by atoms with Crippen molar-refractivity contribution in [2.24, 2.45) is 0 Å². The lowest BCUT2D eigenvalue weighted by Crippen LogP contribution is -2.10. The van der Waals surface area contributed by atoms with Crippen LogP contribution >= 0.6 is 11.6 Å². The number of furan rings is 1. The van der Waals surface area contributed by atoms with Crippen molar-refractivity contribution >= 4 is 33.9 Å². The van der Waals surface area contributed by atoms with E-state index in [9.17, 15) is 0 Å². The molecule has 3 aromatic rings. The summed E-state index contributed by atoms with van der Waals surface area (Å²) >= 11 is 6.17. The molecule has 1 aromatic heterocycles. The average Bonchev–Trinajstić information content (AvgIpc) is 2.95. The number of hydrogen-bond donors (Lipinski definition) is 0. The van der Waals surface area contributed by atoms with Gasteiger partial charge in [-0.25, -0.2) is 0 Å². The first-order chi connectivity index (χ1) is 11.4. The molecule has 4 heteroatoms. The van der Waals surface area contributed by atoms with E-state index in [0.717, 1.165) is 28.1 Å². The Morgan fingerprint density at radius 2 is 1.92 bits per heavy atom. The van der Waals surface area contributed by atoms with Crippen LogP contribution in [0.1, 0.15) is 30.9 Å². The van der Waals surface area contributed by atoms with Crippen LogP contribution in [0.25, 0.3) is 10.8 Å². The fourth-order valence-electron chi connectivity index (χ4n) is 3.12. The van der Waals surface area contributed by atoms with Crippen molar-refractivity contribution in [1.29, 1.82) is 0 Å². The molecule has 0 N–H and O–H groups in total. The highest BCUT2D eigenvalue weighted by atomic mass is 35.5. The third kappa shape index (κ3) is 2.84. The summed E-state index contributed by atoms with van der Waals surface area (Å²) in [5.41, 5.74) is 3.48. The minimum atomic E-state index is 0.485. The quantitative estimate of drug-likeness (QED) is 0.556. The number of benzene rings is 2. The highest BCUT2D eigenvalue weighted by molar-refractivity contribution is 6.31. The molecule has 0 spiro atoms. The number of rotatable bonds is 4. The molecule has 0 saturated heterocycles. The van der Waals surface area contributed by atoms with Crippen molar-refractivity contribution in [1.82, 2.24) is 0 Å². The van der Waals surface area contributed by atoms with Gasteiger partial charge in [0.1, 0.15) is 12.0 Å². The number of anilines is 2. The van der Waals surface area contributed by atoms with Gasteiger partial charge >= 0.3 is 0 Å². The number of fused-ring (bicyclic) bond motifs is 1. The topological polar surface area (TPSA) is 25.6 Å². The summed E-state index contributed by atoms with van der Waals surface area (Å²) < 4.78 is 11.4. The van der Waals surface area contributed by atoms with E-state index in [-0.39, 0.29) is 0 Å². The molecule has 0 bridgehead atoms. The summed E-state index contributed by atoms with van der Waals surface area (Å²) in [5, 5.41) is 2.85. The van der Waals surface area contributed by atoms with Crippen LogP contribution in [0.2, 0.25) is 5.02 Å². The number of methoxy groups -OCH3 is 1. The Kier molecular flexibility index (Phi) is 4.46. The Labute approximate surface area is 147 Å². The molecule has 0 fully saturated rings. The van der Waals surface area contributed by atoms with E-state index >= 15 is 0 Å². The van der Waals surface area contributed by atoms with Crippen LogP contribution in [-0.4, -0.2) is 14.2 Å². The molecule has 0 aliphatic heterocycles.